The van der Waals surface area contributed by atoms with Crippen LogP contribution in [0.2, 0.25) is 0 Å². The van der Waals surface area contributed by atoms with Crippen LogP contribution in [0.15, 0.2) is 4.99 Å². The van der Waals surface area contributed by atoms with E-state index in [4.69, 9.17) is 14.5 Å². The molecule has 0 unspecified atom stereocenters. The molecule has 1 aliphatic rings. The molecule has 0 aromatic heterocycles. The Labute approximate surface area is 177 Å². The number of hydrogen-bond acceptors (Lipinski definition) is 4. The molecule has 0 bridgehead atoms. The van der Waals surface area contributed by atoms with Crippen molar-refractivity contribution in [2.75, 3.05) is 66.2 Å². The summed E-state index contributed by atoms with van der Waals surface area (Å²) in [6.45, 7) is 13.0. The molecular weight excluding hydrogens is 443 g/mol. The van der Waals surface area contributed by atoms with Crippen molar-refractivity contribution in [3.8, 4) is 0 Å². The van der Waals surface area contributed by atoms with E-state index in [1.54, 1.807) is 7.11 Å². The summed E-state index contributed by atoms with van der Waals surface area (Å²) in [5.41, 5.74) is 0. The number of rotatable bonds is 13. The van der Waals surface area contributed by atoms with E-state index in [9.17, 15) is 0 Å². The van der Waals surface area contributed by atoms with E-state index in [1.165, 1.54) is 32.4 Å². The Hall–Kier alpha value is -0.120. The molecule has 2 N–H and O–H groups in total. The van der Waals surface area contributed by atoms with Crippen LogP contribution in [0.25, 0.3) is 0 Å². The van der Waals surface area contributed by atoms with Gasteiger partial charge in [-0.25, -0.2) is 0 Å². The fourth-order valence-corrected chi connectivity index (χ4v) is 2.90. The van der Waals surface area contributed by atoms with Crippen molar-refractivity contribution < 1.29 is 9.47 Å². The Morgan fingerprint density at radius 1 is 1.08 bits per heavy atom. The smallest absolute Gasteiger partial charge is 0.191 e. The summed E-state index contributed by atoms with van der Waals surface area (Å²) in [6.07, 6.45) is 5.84. The molecule has 6 nitrogen and oxygen atoms in total. The summed E-state index contributed by atoms with van der Waals surface area (Å²) < 4.78 is 10.8. The number of methoxy groups -OCH3 is 1. The second kappa shape index (κ2) is 18.3. The number of unbranched alkanes of at least 4 members (excludes halogenated alkanes) is 1. The van der Waals surface area contributed by atoms with E-state index in [0.29, 0.717) is 5.92 Å². The molecule has 0 amide bonds. The lowest BCUT2D eigenvalue weighted by molar-refractivity contribution is 0.121. The summed E-state index contributed by atoms with van der Waals surface area (Å²) in [7, 11) is 1.77. The quantitative estimate of drug-likeness (QED) is 0.182. The van der Waals surface area contributed by atoms with E-state index in [2.05, 4.69) is 29.4 Å². The predicted octanol–water partition coefficient (Wildman–Crippen LogP) is 2.72. The first-order valence-electron chi connectivity index (χ1n) is 10.1. The topological polar surface area (TPSA) is 58.1 Å². The fourth-order valence-electron chi connectivity index (χ4n) is 2.90. The number of ether oxygens (including phenoxy) is 2. The van der Waals surface area contributed by atoms with Gasteiger partial charge < -0.3 is 25.0 Å². The van der Waals surface area contributed by atoms with Gasteiger partial charge in [0.25, 0.3) is 0 Å². The third-order valence-electron chi connectivity index (χ3n) is 4.57. The molecule has 0 saturated carbocycles. The Morgan fingerprint density at radius 3 is 2.46 bits per heavy atom. The van der Waals surface area contributed by atoms with E-state index in [-0.39, 0.29) is 24.0 Å². The van der Waals surface area contributed by atoms with Crippen molar-refractivity contribution in [2.45, 2.75) is 46.0 Å². The van der Waals surface area contributed by atoms with Crippen molar-refractivity contribution in [3.63, 3.8) is 0 Å². The number of hydrogen-bond donors (Lipinski definition) is 2. The fraction of sp³-hybridized carbons (Fsp3) is 0.947. The number of guanidine groups is 1. The van der Waals surface area contributed by atoms with Crippen molar-refractivity contribution >= 4 is 29.9 Å². The molecule has 0 spiro atoms. The molecule has 0 radical (unpaired) electrons. The SMILES string of the molecule is CCCCOCCCNC(=NCC1CCN(CCOC)CC1)NCC.I. The van der Waals surface area contributed by atoms with Crippen LogP contribution in [0, 0.1) is 5.92 Å². The van der Waals surface area contributed by atoms with Gasteiger partial charge in [0.15, 0.2) is 5.96 Å². The maximum Gasteiger partial charge on any atom is 0.191 e. The second-order valence-corrected chi connectivity index (χ2v) is 6.74. The summed E-state index contributed by atoms with van der Waals surface area (Å²) in [5, 5.41) is 6.76. The van der Waals surface area contributed by atoms with Crippen LogP contribution >= 0.6 is 24.0 Å². The highest BCUT2D eigenvalue weighted by molar-refractivity contribution is 14.0. The van der Waals surface area contributed by atoms with Gasteiger partial charge >= 0.3 is 0 Å². The largest absolute Gasteiger partial charge is 0.383 e. The molecule has 0 aromatic carbocycles. The zero-order valence-corrected chi connectivity index (χ0v) is 19.4. The molecule has 1 heterocycles. The van der Waals surface area contributed by atoms with Gasteiger partial charge in [-0.2, -0.15) is 0 Å². The number of likely N-dealkylation sites (tertiary alicyclic amines) is 1. The molecule has 1 fully saturated rings. The lowest BCUT2D eigenvalue weighted by Crippen LogP contribution is -2.39. The standard InChI is InChI=1S/C19H40N4O2.HI/c1-4-6-14-25-15-7-10-21-19(20-5-2)22-17-18-8-11-23(12-9-18)13-16-24-3;/h18H,4-17H2,1-3H3,(H2,20,21,22);1H. The van der Waals surface area contributed by atoms with E-state index >= 15 is 0 Å². The summed E-state index contributed by atoms with van der Waals surface area (Å²) in [4.78, 5) is 7.27. The normalized spacial score (nSPS) is 16.3. The molecule has 156 valence electrons. The summed E-state index contributed by atoms with van der Waals surface area (Å²) in [6, 6.07) is 0. The lowest BCUT2D eigenvalue weighted by atomic mass is 9.97. The minimum Gasteiger partial charge on any atom is -0.383 e. The lowest BCUT2D eigenvalue weighted by Gasteiger charge is -2.31. The Kier molecular flexibility index (Phi) is 18.2. The first kappa shape index (κ1) is 25.9. The Bertz CT molecular complexity index is 338. The highest BCUT2D eigenvalue weighted by Gasteiger charge is 2.18. The predicted molar refractivity (Wildman–Crippen MR) is 121 cm³/mol. The highest BCUT2D eigenvalue weighted by atomic mass is 127. The van der Waals surface area contributed by atoms with Gasteiger partial charge in [0.1, 0.15) is 0 Å². The first-order valence-corrected chi connectivity index (χ1v) is 10.1. The minimum atomic E-state index is 0. The number of nitrogens with one attached hydrogen (secondary N) is 2. The van der Waals surface area contributed by atoms with Gasteiger partial charge in [-0.15, -0.1) is 24.0 Å². The first-order chi connectivity index (χ1) is 12.3. The molecule has 1 saturated heterocycles. The van der Waals surface area contributed by atoms with Gasteiger partial charge in [0, 0.05) is 46.5 Å². The van der Waals surface area contributed by atoms with Gasteiger partial charge in [0.2, 0.25) is 0 Å². The molecule has 1 aliphatic heterocycles. The van der Waals surface area contributed by atoms with Crippen LogP contribution in [0.4, 0.5) is 0 Å². The second-order valence-electron chi connectivity index (χ2n) is 6.74. The van der Waals surface area contributed by atoms with Crippen molar-refractivity contribution in [1.82, 2.24) is 15.5 Å². The van der Waals surface area contributed by atoms with Crippen LogP contribution < -0.4 is 10.6 Å². The van der Waals surface area contributed by atoms with E-state index in [0.717, 1.165) is 64.8 Å². The molecule has 26 heavy (non-hydrogen) atoms. The van der Waals surface area contributed by atoms with Gasteiger partial charge in [-0.1, -0.05) is 13.3 Å². The molecule has 7 heteroatoms. The molecule has 0 aromatic rings. The third kappa shape index (κ3) is 13.1. The van der Waals surface area contributed by atoms with Crippen LogP contribution in [0.5, 0.6) is 0 Å². The number of piperidine rings is 1. The third-order valence-corrected chi connectivity index (χ3v) is 4.57. The summed E-state index contributed by atoms with van der Waals surface area (Å²) in [5.74, 6) is 1.64. The minimum absolute atomic E-state index is 0. The van der Waals surface area contributed by atoms with Crippen LogP contribution in [0.3, 0.4) is 0 Å². The van der Waals surface area contributed by atoms with Crippen molar-refractivity contribution in [2.24, 2.45) is 10.9 Å². The molecular formula is C19H41IN4O2. The van der Waals surface area contributed by atoms with Crippen molar-refractivity contribution in [3.05, 3.63) is 0 Å². The monoisotopic (exact) mass is 484 g/mol. The zero-order chi connectivity index (χ0) is 18.2. The van der Waals surface area contributed by atoms with Crippen LogP contribution in [-0.4, -0.2) is 77.1 Å². The highest BCUT2D eigenvalue weighted by Crippen LogP contribution is 2.17. The van der Waals surface area contributed by atoms with E-state index in [1.807, 2.05) is 0 Å². The summed E-state index contributed by atoms with van der Waals surface area (Å²) >= 11 is 0. The van der Waals surface area contributed by atoms with Gasteiger partial charge in [-0.3, -0.25) is 4.99 Å². The maximum absolute atomic E-state index is 5.60. The molecule has 1 rings (SSSR count). The molecule has 0 atom stereocenters. The van der Waals surface area contributed by atoms with Crippen LogP contribution in [-0.2, 0) is 9.47 Å². The Balaban J connectivity index is 0.00000625. The van der Waals surface area contributed by atoms with Gasteiger partial charge in [0.05, 0.1) is 6.61 Å². The zero-order valence-electron chi connectivity index (χ0n) is 17.1. The van der Waals surface area contributed by atoms with Crippen molar-refractivity contribution in [1.29, 1.82) is 0 Å². The number of aliphatic imine (C=N–C) groups is 1. The van der Waals surface area contributed by atoms with E-state index < -0.39 is 0 Å². The average Bonchev–Trinajstić information content (AvgIpc) is 2.64. The van der Waals surface area contributed by atoms with Gasteiger partial charge in [-0.05, 0) is 51.6 Å². The van der Waals surface area contributed by atoms with Crippen LogP contribution in [0.1, 0.15) is 46.0 Å². The molecule has 0 aliphatic carbocycles. The Morgan fingerprint density at radius 2 is 1.81 bits per heavy atom. The number of halogens is 1. The number of nitrogens with zero attached hydrogens (tertiary/aromatic N) is 2. The average molecular weight is 484 g/mol. The maximum atomic E-state index is 5.60.